The monoisotopic (exact) mass is 379 g/mol. The Morgan fingerprint density at radius 3 is 2.50 bits per heavy atom. The van der Waals surface area contributed by atoms with Gasteiger partial charge >= 0.3 is 0 Å². The van der Waals surface area contributed by atoms with Crippen LogP contribution in [0.25, 0.3) is 5.69 Å². The lowest BCUT2D eigenvalue weighted by atomic mass is 10.1. The highest BCUT2D eigenvalue weighted by atomic mass is 35.5. The van der Waals surface area contributed by atoms with E-state index in [-0.39, 0.29) is 42.7 Å². The van der Waals surface area contributed by atoms with E-state index in [1.54, 1.807) is 10.9 Å². The second kappa shape index (κ2) is 9.94. The normalized spacial score (nSPS) is 12.8. The number of benzene rings is 1. The Bertz CT molecular complexity index is 718. The van der Waals surface area contributed by atoms with Gasteiger partial charge in [0.25, 0.3) is 0 Å². The number of amides is 2. The van der Waals surface area contributed by atoms with Crippen LogP contribution >= 0.6 is 12.4 Å². The lowest BCUT2D eigenvalue weighted by molar-refractivity contribution is -0.127. The van der Waals surface area contributed by atoms with Gasteiger partial charge in [0, 0.05) is 12.4 Å². The van der Waals surface area contributed by atoms with Crippen molar-refractivity contribution in [2.75, 3.05) is 6.54 Å². The molecule has 0 radical (unpaired) electrons. The van der Waals surface area contributed by atoms with E-state index in [4.69, 9.17) is 5.73 Å². The predicted molar refractivity (Wildman–Crippen MR) is 103 cm³/mol. The summed E-state index contributed by atoms with van der Waals surface area (Å²) in [6.45, 7) is 5.51. The molecule has 26 heavy (non-hydrogen) atoms. The summed E-state index contributed by atoms with van der Waals surface area (Å²) in [6, 6.07) is 8.70. The maximum absolute atomic E-state index is 12.1. The van der Waals surface area contributed by atoms with Gasteiger partial charge in [0.15, 0.2) is 0 Å². The molecule has 2 aromatic rings. The molecule has 1 unspecified atom stereocenters. The van der Waals surface area contributed by atoms with Crippen LogP contribution in [0.4, 0.5) is 0 Å². The Kier molecular flexibility index (Phi) is 8.28. The first-order valence-corrected chi connectivity index (χ1v) is 8.31. The first-order chi connectivity index (χ1) is 11.9. The average Bonchev–Trinajstić information content (AvgIpc) is 3.13. The zero-order valence-corrected chi connectivity index (χ0v) is 16.0. The van der Waals surface area contributed by atoms with Crippen molar-refractivity contribution in [3.8, 4) is 5.69 Å². The van der Waals surface area contributed by atoms with E-state index in [2.05, 4.69) is 15.7 Å². The third kappa shape index (κ3) is 5.57. The minimum atomic E-state index is -0.620. The van der Waals surface area contributed by atoms with Crippen molar-refractivity contribution in [3.05, 3.63) is 48.3 Å². The molecular weight excluding hydrogens is 354 g/mol. The minimum absolute atomic E-state index is 0. The molecular formula is C18H26ClN5O2. The molecule has 142 valence electrons. The van der Waals surface area contributed by atoms with E-state index in [1.165, 1.54) is 0 Å². The lowest BCUT2D eigenvalue weighted by Gasteiger charge is -2.19. The number of rotatable bonds is 7. The molecule has 0 fully saturated rings. The van der Waals surface area contributed by atoms with E-state index in [1.807, 2.05) is 57.3 Å². The van der Waals surface area contributed by atoms with E-state index >= 15 is 0 Å². The van der Waals surface area contributed by atoms with Gasteiger partial charge < -0.3 is 16.4 Å². The summed E-state index contributed by atoms with van der Waals surface area (Å²) in [4.78, 5) is 24.0. The van der Waals surface area contributed by atoms with Gasteiger partial charge in [0.1, 0.15) is 0 Å². The fourth-order valence-electron chi connectivity index (χ4n) is 2.43. The van der Waals surface area contributed by atoms with Crippen LogP contribution in [-0.4, -0.2) is 34.2 Å². The highest BCUT2D eigenvalue weighted by Crippen LogP contribution is 2.20. The number of nitrogens with two attached hydrogens (primary N) is 1. The molecule has 4 N–H and O–H groups in total. The van der Waals surface area contributed by atoms with Crippen LogP contribution in [0.15, 0.2) is 42.7 Å². The van der Waals surface area contributed by atoms with Gasteiger partial charge in [-0.1, -0.05) is 32.0 Å². The largest absolute Gasteiger partial charge is 0.348 e. The lowest BCUT2D eigenvalue weighted by Crippen LogP contribution is -2.47. The van der Waals surface area contributed by atoms with E-state index in [9.17, 15) is 9.59 Å². The molecule has 0 aliphatic carbocycles. The van der Waals surface area contributed by atoms with Crippen molar-refractivity contribution >= 4 is 24.2 Å². The number of carbonyl (C=O) groups is 2. The summed E-state index contributed by atoms with van der Waals surface area (Å²) in [5, 5.41) is 9.69. The molecule has 0 saturated heterocycles. The topological polar surface area (TPSA) is 102 Å². The summed E-state index contributed by atoms with van der Waals surface area (Å²) >= 11 is 0. The van der Waals surface area contributed by atoms with Gasteiger partial charge in [-0.3, -0.25) is 9.59 Å². The van der Waals surface area contributed by atoms with Gasteiger partial charge in [-0.15, -0.1) is 12.4 Å². The molecule has 2 atom stereocenters. The summed E-state index contributed by atoms with van der Waals surface area (Å²) in [5.41, 5.74) is 7.59. The van der Waals surface area contributed by atoms with Crippen LogP contribution in [0.5, 0.6) is 0 Å². The van der Waals surface area contributed by atoms with Crippen LogP contribution < -0.4 is 16.4 Å². The van der Waals surface area contributed by atoms with Gasteiger partial charge in [-0.2, -0.15) is 5.10 Å². The number of nitrogens with zero attached hydrogens (tertiary/aromatic N) is 2. The second-order valence-corrected chi connectivity index (χ2v) is 6.29. The fourth-order valence-corrected chi connectivity index (χ4v) is 2.43. The van der Waals surface area contributed by atoms with Crippen LogP contribution in [-0.2, 0) is 9.59 Å². The standard InChI is InChI=1S/C18H25N5O2.ClH/c1-12(2)17(19)18(25)20-11-16(24)22-13(3)14-7-4-5-8-15(14)23-10-6-9-21-23;/h4-10,12-13,17H,11,19H2,1-3H3,(H,20,25)(H,22,24);1H/t13?,17-;/m0./s1. The Morgan fingerprint density at radius 1 is 1.19 bits per heavy atom. The zero-order valence-electron chi connectivity index (χ0n) is 15.2. The molecule has 1 aromatic carbocycles. The molecule has 7 nitrogen and oxygen atoms in total. The second-order valence-electron chi connectivity index (χ2n) is 6.29. The molecule has 8 heteroatoms. The van der Waals surface area contributed by atoms with Gasteiger partial charge in [0.05, 0.1) is 24.3 Å². The molecule has 1 heterocycles. The van der Waals surface area contributed by atoms with Crippen molar-refractivity contribution in [1.82, 2.24) is 20.4 Å². The zero-order chi connectivity index (χ0) is 18.4. The van der Waals surface area contributed by atoms with E-state index in [0.717, 1.165) is 11.3 Å². The van der Waals surface area contributed by atoms with Crippen molar-refractivity contribution in [2.45, 2.75) is 32.9 Å². The molecule has 0 spiro atoms. The summed E-state index contributed by atoms with van der Waals surface area (Å²) in [6.07, 6.45) is 3.55. The van der Waals surface area contributed by atoms with Crippen LogP contribution in [0.2, 0.25) is 0 Å². The van der Waals surface area contributed by atoms with Crippen LogP contribution in [0.1, 0.15) is 32.4 Å². The highest BCUT2D eigenvalue weighted by Gasteiger charge is 2.19. The van der Waals surface area contributed by atoms with Gasteiger partial charge in [0.2, 0.25) is 11.8 Å². The minimum Gasteiger partial charge on any atom is -0.348 e. The van der Waals surface area contributed by atoms with Crippen molar-refractivity contribution in [2.24, 2.45) is 11.7 Å². The van der Waals surface area contributed by atoms with E-state index < -0.39 is 6.04 Å². The van der Waals surface area contributed by atoms with E-state index in [0.29, 0.717) is 0 Å². The molecule has 0 aliphatic heterocycles. The third-order valence-electron chi connectivity index (χ3n) is 3.98. The predicted octanol–water partition coefficient (Wildman–Crippen LogP) is 1.57. The van der Waals surface area contributed by atoms with Gasteiger partial charge in [-0.25, -0.2) is 4.68 Å². The molecule has 1 aromatic heterocycles. The number of hydrogen-bond acceptors (Lipinski definition) is 4. The Morgan fingerprint density at radius 2 is 1.88 bits per heavy atom. The Balaban J connectivity index is 0.00000338. The fraction of sp³-hybridized carbons (Fsp3) is 0.389. The summed E-state index contributed by atoms with van der Waals surface area (Å²) in [5.74, 6) is -0.579. The SMILES string of the molecule is CC(NC(=O)CNC(=O)[C@@H](N)C(C)C)c1ccccc1-n1cccn1.Cl. The maximum Gasteiger partial charge on any atom is 0.239 e. The first-order valence-electron chi connectivity index (χ1n) is 8.31. The number of nitrogens with one attached hydrogen (secondary N) is 2. The number of aromatic nitrogens is 2. The van der Waals surface area contributed by atoms with Crippen LogP contribution in [0.3, 0.4) is 0 Å². The molecule has 0 bridgehead atoms. The molecule has 0 aliphatic rings. The molecule has 2 rings (SSSR count). The van der Waals surface area contributed by atoms with Crippen molar-refractivity contribution in [3.63, 3.8) is 0 Å². The van der Waals surface area contributed by atoms with Gasteiger partial charge in [-0.05, 0) is 30.5 Å². The maximum atomic E-state index is 12.1. The number of halogens is 1. The van der Waals surface area contributed by atoms with Crippen LogP contribution in [0, 0.1) is 5.92 Å². The average molecular weight is 380 g/mol. The third-order valence-corrected chi connectivity index (χ3v) is 3.98. The molecule has 2 amide bonds. The highest BCUT2D eigenvalue weighted by molar-refractivity contribution is 5.87. The Hall–Kier alpha value is -2.38. The molecule has 0 saturated carbocycles. The number of para-hydroxylation sites is 1. The summed E-state index contributed by atoms with van der Waals surface area (Å²) < 4.78 is 1.75. The van der Waals surface area contributed by atoms with Crippen molar-refractivity contribution in [1.29, 1.82) is 0 Å². The number of hydrogen-bond donors (Lipinski definition) is 3. The van der Waals surface area contributed by atoms with Crippen molar-refractivity contribution < 1.29 is 9.59 Å². The Labute approximate surface area is 159 Å². The quantitative estimate of drug-likeness (QED) is 0.679. The number of carbonyl (C=O) groups excluding carboxylic acids is 2. The smallest absolute Gasteiger partial charge is 0.239 e. The first kappa shape index (κ1) is 21.7. The summed E-state index contributed by atoms with van der Waals surface area (Å²) in [7, 11) is 0.